The molecule has 11 aromatic rings. The number of morpholine rings is 1. The molecule has 3 saturated heterocycles. The molecule has 144 heavy (non-hydrogen) atoms. The lowest BCUT2D eigenvalue weighted by atomic mass is 9.94. The number of ether oxygens (including phenoxy) is 6. The minimum atomic E-state index is -0.610. The molecule has 7 atom stereocenters. The monoisotopic (exact) mass is 1990 g/mol. The summed E-state index contributed by atoms with van der Waals surface area (Å²) in [6, 6.07) is 41.4. The molecule has 4 aromatic carbocycles. The van der Waals surface area contributed by atoms with E-state index in [1.807, 2.05) is 149 Å². The summed E-state index contributed by atoms with van der Waals surface area (Å²) < 4.78 is 36.4. The van der Waals surface area contributed by atoms with Crippen molar-refractivity contribution in [2.45, 2.75) is 236 Å². The van der Waals surface area contributed by atoms with Crippen LogP contribution in [0.25, 0.3) is 73.2 Å². The summed E-state index contributed by atoms with van der Waals surface area (Å²) in [6.45, 7) is 15.7. The summed E-state index contributed by atoms with van der Waals surface area (Å²) in [5.74, 6) is 10.6. The number of carbonyl (C=O) groups is 1. The zero-order chi connectivity index (χ0) is 101. The molecule has 4 aliphatic carbocycles. The maximum Gasteiger partial charge on any atom is 0.350 e. The lowest BCUT2D eigenvalue weighted by Crippen LogP contribution is -2.50. The van der Waals surface area contributed by atoms with Gasteiger partial charge in [0.2, 0.25) is 0 Å². The van der Waals surface area contributed by atoms with Crippen LogP contribution in [0.15, 0.2) is 140 Å². The Bertz CT molecular complexity index is 5870. The highest BCUT2D eigenvalue weighted by Crippen LogP contribution is 2.41. The van der Waals surface area contributed by atoms with Gasteiger partial charge >= 0.3 is 5.97 Å². The van der Waals surface area contributed by atoms with E-state index < -0.39 is 24.4 Å². The number of hydrogen-bond acceptors (Lipinski definition) is 34. The minimum Gasteiger partial charge on any atom is -0.491 e. The van der Waals surface area contributed by atoms with Gasteiger partial charge in [-0.2, -0.15) is 5.10 Å². The van der Waals surface area contributed by atoms with Crippen molar-refractivity contribution in [3.8, 4) is 90.5 Å². The quantitative estimate of drug-likeness (QED) is 0.0162. The minimum absolute atomic E-state index is 0.176. The van der Waals surface area contributed by atoms with Crippen molar-refractivity contribution in [1.82, 2.24) is 86.0 Å². The molecule has 774 valence electrons. The van der Waals surface area contributed by atoms with Crippen LogP contribution in [-0.2, 0) is 9.47 Å². The molecule has 18 rings (SSSR count). The summed E-state index contributed by atoms with van der Waals surface area (Å²) in [7, 11) is 15.8. The fourth-order valence-electron chi connectivity index (χ4n) is 20.1. The van der Waals surface area contributed by atoms with Crippen molar-refractivity contribution in [2.75, 3.05) is 178 Å². The Morgan fingerprint density at radius 3 is 1.35 bits per heavy atom. The van der Waals surface area contributed by atoms with Crippen LogP contribution in [-0.4, -0.2) is 301 Å². The number of aliphatic hydroxyl groups is 4. The number of thiazole rings is 1. The highest BCUT2D eigenvalue weighted by Gasteiger charge is 2.37. The van der Waals surface area contributed by atoms with E-state index in [4.69, 9.17) is 68.3 Å². The van der Waals surface area contributed by atoms with Gasteiger partial charge in [-0.3, -0.25) is 0 Å². The van der Waals surface area contributed by atoms with E-state index in [2.05, 4.69) is 119 Å². The Kier molecular flexibility index (Phi) is 39.3. The van der Waals surface area contributed by atoms with Gasteiger partial charge in [0.05, 0.1) is 36.4 Å². The molecule has 6 unspecified atom stereocenters. The molecule has 3 aliphatic heterocycles. The fourth-order valence-corrected chi connectivity index (χ4v) is 21.1. The Morgan fingerprint density at radius 2 is 0.910 bits per heavy atom. The number of nitrogens with zero attached hydrogens (tertiary/aromatic N) is 18. The highest BCUT2D eigenvalue weighted by atomic mass is 32.1. The van der Waals surface area contributed by atoms with E-state index in [0.29, 0.717) is 137 Å². The van der Waals surface area contributed by atoms with Gasteiger partial charge in [0.15, 0.2) is 28.9 Å². The largest absolute Gasteiger partial charge is 0.491 e. The SMILES string of the molecule is CCOC(=O)c1sc(-c2cc(N(C)C3CCCCC3)nc(-c3cccc(OCC(O)CNC)c3)n2)nc1C.CNCC(O)COc1cccc(-c2nc(-c3cnc4ccnn4c3)cc(N(C)C3CCCCC3)n2)c1.CNCC(O)COc1cccc(-c2nc(N(C)C3CCCCC3)c(C)c(N3CCNC[C@@H]3C)n2)c1.CNCC(O)COc1cccc(-c2nc(N3CC4CCC(C3)O4)cc(N(C)C3CCCCC3)n2)c1. The van der Waals surface area contributed by atoms with Crippen LogP contribution in [0.1, 0.15) is 176 Å². The van der Waals surface area contributed by atoms with Gasteiger partial charge in [0.1, 0.15) is 124 Å². The number of aryl methyl sites for hydroxylation is 1. The van der Waals surface area contributed by atoms with Crippen LogP contribution in [0.5, 0.6) is 23.0 Å². The predicted molar refractivity (Wildman–Crippen MR) is 571 cm³/mol. The van der Waals surface area contributed by atoms with E-state index in [1.54, 1.807) is 31.7 Å². The van der Waals surface area contributed by atoms with E-state index in [9.17, 15) is 25.2 Å². The zero-order valence-electron chi connectivity index (χ0n) is 86.2. The molecule has 35 heteroatoms. The number of fused-ring (bicyclic) bond motifs is 3. The van der Waals surface area contributed by atoms with Gasteiger partial charge in [-0.1, -0.05) is 126 Å². The average molecular weight is 1990 g/mol. The number of esters is 1. The third-order valence-electron chi connectivity index (χ3n) is 28.2. The first-order valence-corrected chi connectivity index (χ1v) is 52.9. The summed E-state index contributed by atoms with van der Waals surface area (Å²) in [5, 5.41) is 60.4. The van der Waals surface area contributed by atoms with Crippen molar-refractivity contribution in [3.63, 3.8) is 0 Å². The number of nitrogens with one attached hydrogen (secondary N) is 5. The molecule has 2 bridgehead atoms. The standard InChI is InChI=1S/C28H37N5O4S.C27H33N7O2.C27H42N6O2.C27H39N5O3/c1-5-36-28(35)25-18(2)30-27(38-25)23-15-24(33(4)20-11-7-6-8-12-20)32-26(31-23)19-10-9-13-22(14-19)37-17-21(34)16-29-3;1-28-16-22(35)18-36-23-10-6-7-19(13-23)27-31-24(20-15-29-25-11-12-30-34(25)17-20)14-26(32-27)33(2)21-8-4-3-5-9-21;1-19-16-29-13-14-33(19)27-20(2)26(32(4)22-10-6-5-7-11-22)30-25(31-27)21-9-8-12-24(15-21)35-18-23(34)17-28-3;1-28-15-21(33)18-34-22-10-6-7-19(13-22)27-29-25(31(2)20-8-4-3-5-9-20)14-26(30-27)32-16-23-11-12-24(17-32)35-23/h9-10,13-15,20-21,29,34H,5-8,11-12,16-17H2,1-4H3;6-7,10-15,17,21-22,28,35H,3-5,8-9,16,18H2,1-2H3;8-9,12,15,19,22-23,28-29,34H,5-7,10-11,13-14,16-18H2,1-4H3;6-7,10,13-14,20-21,23-24,28,33H,3-5,8-9,11-12,15-18H2,1-2H3/t;;19-,23?;/m..0./s1. The number of benzene rings is 4. The number of aromatic nitrogens is 12. The summed E-state index contributed by atoms with van der Waals surface area (Å²) in [5.41, 5.74) is 8.38. The molecule has 7 aromatic heterocycles. The van der Waals surface area contributed by atoms with Crippen LogP contribution >= 0.6 is 11.3 Å². The third kappa shape index (κ3) is 29.1. The Labute approximate surface area is 852 Å². The number of carbonyl (C=O) groups excluding carboxylic acids is 1. The lowest BCUT2D eigenvalue weighted by Gasteiger charge is -2.38. The molecule has 34 nitrogen and oxygen atoms in total. The molecule has 4 saturated carbocycles. The number of hydrogen-bond donors (Lipinski definition) is 9. The number of rotatable bonds is 38. The van der Waals surface area contributed by atoms with Crippen LogP contribution < -0.4 is 74.9 Å². The van der Waals surface area contributed by atoms with Gasteiger partial charge < -0.3 is 105 Å². The average Bonchev–Trinajstić information content (AvgIpc) is 1.12. The first-order chi connectivity index (χ1) is 70.0. The first kappa shape index (κ1) is 107. The maximum atomic E-state index is 12.4. The summed E-state index contributed by atoms with van der Waals surface area (Å²) in [6.07, 6.45) is 30.8. The second-order valence-corrected chi connectivity index (χ2v) is 40.1. The molecule has 10 heterocycles. The number of anilines is 6. The molecule has 7 fully saturated rings. The van der Waals surface area contributed by atoms with E-state index in [-0.39, 0.29) is 32.4 Å². The fraction of sp³-hybridized carbons (Fsp3) is 0.541. The van der Waals surface area contributed by atoms with Gasteiger partial charge in [0.25, 0.3) is 0 Å². The van der Waals surface area contributed by atoms with Crippen molar-refractivity contribution in [2.24, 2.45) is 0 Å². The first-order valence-electron chi connectivity index (χ1n) is 52.1. The van der Waals surface area contributed by atoms with E-state index in [0.717, 1.165) is 144 Å². The number of aliphatic hydroxyl groups excluding tert-OH is 4. The molecule has 0 spiro atoms. The second kappa shape index (κ2) is 53.0. The Hall–Kier alpha value is -11.5. The summed E-state index contributed by atoms with van der Waals surface area (Å²) in [4.78, 5) is 76.2. The Morgan fingerprint density at radius 1 is 0.493 bits per heavy atom. The second-order valence-electron chi connectivity index (χ2n) is 39.1. The summed E-state index contributed by atoms with van der Waals surface area (Å²) >= 11 is 1.29. The molecular weight excluding hydrogens is 1840 g/mol. The van der Waals surface area contributed by atoms with Crippen molar-refractivity contribution in [1.29, 1.82) is 0 Å². The Balaban J connectivity index is 0.000000145. The topological polar surface area (TPSA) is 379 Å². The smallest absolute Gasteiger partial charge is 0.350 e. The zero-order valence-corrected chi connectivity index (χ0v) is 87.0. The maximum absolute atomic E-state index is 12.4. The molecule has 7 aliphatic rings. The van der Waals surface area contributed by atoms with Gasteiger partial charge in [-0.15, -0.1) is 11.3 Å². The normalized spacial score (nSPS) is 18.2. The van der Waals surface area contributed by atoms with Crippen LogP contribution in [0.4, 0.5) is 34.9 Å². The molecule has 0 radical (unpaired) electrons. The van der Waals surface area contributed by atoms with E-state index in [1.165, 1.54) is 127 Å². The highest BCUT2D eigenvalue weighted by molar-refractivity contribution is 7.17. The number of likely N-dealkylation sites (N-methyl/N-ethyl adjacent to an activating group) is 4. The predicted octanol–water partition coefficient (Wildman–Crippen LogP) is 14.3. The van der Waals surface area contributed by atoms with Crippen LogP contribution in [0, 0.1) is 13.8 Å². The van der Waals surface area contributed by atoms with Crippen molar-refractivity contribution >= 4 is 57.9 Å². The number of piperazine rings is 1. The van der Waals surface area contributed by atoms with Crippen molar-refractivity contribution < 1.29 is 53.6 Å². The lowest BCUT2D eigenvalue weighted by molar-refractivity contribution is 0.0302. The third-order valence-corrected chi connectivity index (χ3v) is 29.3. The van der Waals surface area contributed by atoms with E-state index >= 15 is 0 Å². The van der Waals surface area contributed by atoms with Crippen LogP contribution in [0.3, 0.4) is 0 Å². The van der Waals surface area contributed by atoms with Gasteiger partial charge in [-0.25, -0.2) is 59.1 Å². The molecule has 0 amide bonds. The molecular formula is C109H151N23O11S. The van der Waals surface area contributed by atoms with Crippen LogP contribution in [0.2, 0.25) is 0 Å². The van der Waals surface area contributed by atoms with Gasteiger partial charge in [0, 0.05) is 187 Å². The van der Waals surface area contributed by atoms with Gasteiger partial charge in [-0.05, 0) is 169 Å². The van der Waals surface area contributed by atoms with Crippen molar-refractivity contribution in [3.05, 3.63) is 156 Å². The molecule has 9 N–H and O–H groups in total.